The van der Waals surface area contributed by atoms with E-state index >= 15 is 0 Å². The first-order valence-electron chi connectivity index (χ1n) is 8.10. The fourth-order valence-corrected chi connectivity index (χ4v) is 2.57. The molecule has 0 aromatic heterocycles. The van der Waals surface area contributed by atoms with Gasteiger partial charge in [-0.05, 0) is 35.9 Å². The van der Waals surface area contributed by atoms with Crippen LogP contribution in [0.3, 0.4) is 0 Å². The zero-order valence-electron chi connectivity index (χ0n) is 13.9. The minimum atomic E-state index is -0.571. The number of esters is 1. The molecular weight excluding hydrogens is 316 g/mol. The van der Waals surface area contributed by atoms with Crippen LogP contribution in [-0.2, 0) is 4.74 Å². The van der Waals surface area contributed by atoms with Crippen LogP contribution in [0.4, 0.5) is 0 Å². The molecule has 0 saturated heterocycles. The van der Waals surface area contributed by atoms with Gasteiger partial charge in [0.25, 0.3) is 0 Å². The molecule has 0 spiro atoms. The number of ketones is 1. The quantitative estimate of drug-likeness (QED) is 0.499. The number of fused-ring (bicyclic) bond motifs is 1. The third kappa shape index (κ3) is 3.86. The summed E-state index contributed by atoms with van der Waals surface area (Å²) in [5.74, 6) is -0.362. The van der Waals surface area contributed by atoms with Crippen LogP contribution in [-0.4, -0.2) is 25.0 Å². The molecule has 0 bridgehead atoms. The molecule has 0 unspecified atom stereocenters. The Labute approximate surface area is 146 Å². The maximum atomic E-state index is 12.3. The lowest BCUT2D eigenvalue weighted by Crippen LogP contribution is -2.15. The monoisotopic (exact) mass is 334 g/mol. The summed E-state index contributed by atoms with van der Waals surface area (Å²) in [5.41, 5.74) is 0.834. The molecule has 0 saturated carbocycles. The molecule has 0 N–H and O–H groups in total. The van der Waals surface area contributed by atoms with Gasteiger partial charge < -0.3 is 9.47 Å². The molecule has 126 valence electrons. The maximum Gasteiger partial charge on any atom is 0.342 e. The van der Waals surface area contributed by atoms with Crippen LogP contribution in [0, 0.1) is 0 Å². The summed E-state index contributed by atoms with van der Waals surface area (Å²) in [5, 5.41) is 2.03. The number of carbonyl (C=O) groups is 2. The number of hydrogen-bond acceptors (Lipinski definition) is 4. The zero-order valence-corrected chi connectivity index (χ0v) is 13.9. The first-order chi connectivity index (χ1) is 12.2. The van der Waals surface area contributed by atoms with Crippen LogP contribution in [0.2, 0.25) is 0 Å². The second-order valence-electron chi connectivity index (χ2n) is 5.49. The van der Waals surface area contributed by atoms with Gasteiger partial charge in [-0.15, -0.1) is 0 Å². The van der Waals surface area contributed by atoms with Gasteiger partial charge in [0.05, 0.1) is 6.61 Å². The van der Waals surface area contributed by atoms with Gasteiger partial charge in [-0.3, -0.25) is 4.79 Å². The Kier molecular flexibility index (Phi) is 5.09. The van der Waals surface area contributed by atoms with Crippen LogP contribution in [0.5, 0.6) is 5.75 Å². The van der Waals surface area contributed by atoms with Gasteiger partial charge in [0.1, 0.15) is 11.3 Å². The van der Waals surface area contributed by atoms with E-state index in [2.05, 4.69) is 0 Å². The number of ether oxygens (including phenoxy) is 2. The van der Waals surface area contributed by atoms with Gasteiger partial charge in [-0.25, -0.2) is 4.79 Å². The summed E-state index contributed by atoms with van der Waals surface area (Å²) in [6.07, 6.45) is 0. The standard InChI is InChI=1S/C21H18O4/c1-2-24-20-10-6-5-9-18(20)21(23)25-14-19(22)17-12-11-15-7-3-4-8-16(15)13-17/h3-13H,2,14H2,1H3. The Morgan fingerprint density at radius 1 is 0.880 bits per heavy atom. The van der Waals surface area contributed by atoms with E-state index in [4.69, 9.17) is 9.47 Å². The topological polar surface area (TPSA) is 52.6 Å². The van der Waals surface area contributed by atoms with Gasteiger partial charge in [0.2, 0.25) is 0 Å². The van der Waals surface area contributed by atoms with Crippen LogP contribution in [0.1, 0.15) is 27.6 Å². The highest BCUT2D eigenvalue weighted by molar-refractivity contribution is 6.02. The Morgan fingerprint density at radius 3 is 2.40 bits per heavy atom. The Balaban J connectivity index is 1.70. The molecule has 3 aromatic rings. The molecule has 0 radical (unpaired) electrons. The highest BCUT2D eigenvalue weighted by Crippen LogP contribution is 2.19. The third-order valence-electron chi connectivity index (χ3n) is 3.81. The van der Waals surface area contributed by atoms with Gasteiger partial charge in [0.15, 0.2) is 12.4 Å². The molecule has 0 aliphatic heterocycles. The molecule has 4 nitrogen and oxygen atoms in total. The number of para-hydroxylation sites is 1. The summed E-state index contributed by atoms with van der Waals surface area (Å²) < 4.78 is 10.6. The summed E-state index contributed by atoms with van der Waals surface area (Å²) >= 11 is 0. The van der Waals surface area contributed by atoms with E-state index in [-0.39, 0.29) is 12.4 Å². The van der Waals surface area contributed by atoms with Crippen molar-refractivity contribution in [2.75, 3.05) is 13.2 Å². The largest absolute Gasteiger partial charge is 0.493 e. The van der Waals surface area contributed by atoms with E-state index in [1.54, 1.807) is 36.4 Å². The molecule has 4 heteroatoms. The number of Topliss-reactive ketones (excluding diaryl/α,β-unsaturated/α-hetero) is 1. The van der Waals surface area contributed by atoms with E-state index in [1.807, 2.05) is 37.3 Å². The molecule has 25 heavy (non-hydrogen) atoms. The van der Waals surface area contributed by atoms with Crippen molar-refractivity contribution in [3.63, 3.8) is 0 Å². The van der Waals surface area contributed by atoms with Crippen molar-refractivity contribution in [1.82, 2.24) is 0 Å². The third-order valence-corrected chi connectivity index (χ3v) is 3.81. The normalized spacial score (nSPS) is 10.4. The lowest BCUT2D eigenvalue weighted by atomic mass is 10.0. The molecular formula is C21H18O4. The number of hydrogen-bond donors (Lipinski definition) is 0. The predicted octanol–water partition coefficient (Wildman–Crippen LogP) is 4.28. The first-order valence-corrected chi connectivity index (χ1v) is 8.10. The van der Waals surface area contributed by atoms with E-state index in [1.165, 1.54) is 0 Å². The minimum absolute atomic E-state index is 0.243. The summed E-state index contributed by atoms with van der Waals surface area (Å²) in [7, 11) is 0. The molecule has 3 aromatic carbocycles. The van der Waals surface area contributed by atoms with E-state index in [0.29, 0.717) is 23.5 Å². The molecule has 0 aliphatic carbocycles. The van der Waals surface area contributed by atoms with Crippen molar-refractivity contribution in [2.45, 2.75) is 6.92 Å². The lowest BCUT2D eigenvalue weighted by molar-refractivity contribution is 0.0471. The van der Waals surface area contributed by atoms with Gasteiger partial charge >= 0.3 is 5.97 Å². The van der Waals surface area contributed by atoms with Crippen molar-refractivity contribution in [3.05, 3.63) is 77.9 Å². The smallest absolute Gasteiger partial charge is 0.342 e. The van der Waals surface area contributed by atoms with Crippen LogP contribution in [0.25, 0.3) is 10.8 Å². The summed E-state index contributed by atoms with van der Waals surface area (Å²) in [6.45, 7) is 1.98. The SMILES string of the molecule is CCOc1ccccc1C(=O)OCC(=O)c1ccc2ccccc2c1. The second-order valence-corrected chi connectivity index (χ2v) is 5.49. The maximum absolute atomic E-state index is 12.3. The number of benzene rings is 3. The van der Waals surface area contributed by atoms with Crippen molar-refractivity contribution < 1.29 is 19.1 Å². The van der Waals surface area contributed by atoms with Crippen molar-refractivity contribution in [2.24, 2.45) is 0 Å². The Hall–Kier alpha value is -3.14. The van der Waals surface area contributed by atoms with Crippen LogP contribution in [0.15, 0.2) is 66.7 Å². The molecule has 0 fully saturated rings. The van der Waals surface area contributed by atoms with E-state index < -0.39 is 5.97 Å². The first kappa shape index (κ1) is 16.7. The summed E-state index contributed by atoms with van der Waals surface area (Å²) in [6, 6.07) is 20.0. The lowest BCUT2D eigenvalue weighted by Gasteiger charge is -2.09. The number of carbonyl (C=O) groups excluding carboxylic acids is 2. The van der Waals surface area contributed by atoms with Gasteiger partial charge in [-0.1, -0.05) is 48.5 Å². The van der Waals surface area contributed by atoms with Crippen molar-refractivity contribution >= 4 is 22.5 Å². The average Bonchev–Trinajstić information content (AvgIpc) is 2.66. The molecule has 3 rings (SSSR count). The molecule has 0 aliphatic rings. The fourth-order valence-electron chi connectivity index (χ4n) is 2.57. The van der Waals surface area contributed by atoms with Crippen molar-refractivity contribution in [1.29, 1.82) is 0 Å². The number of rotatable bonds is 6. The average molecular weight is 334 g/mol. The summed E-state index contributed by atoms with van der Waals surface area (Å²) in [4.78, 5) is 24.6. The highest BCUT2D eigenvalue weighted by atomic mass is 16.5. The van der Waals surface area contributed by atoms with E-state index in [0.717, 1.165) is 10.8 Å². The highest BCUT2D eigenvalue weighted by Gasteiger charge is 2.16. The van der Waals surface area contributed by atoms with E-state index in [9.17, 15) is 9.59 Å². The predicted molar refractivity (Wildman–Crippen MR) is 96.2 cm³/mol. The molecule has 0 amide bonds. The van der Waals surface area contributed by atoms with Crippen molar-refractivity contribution in [3.8, 4) is 5.75 Å². The second kappa shape index (κ2) is 7.62. The molecule has 0 atom stereocenters. The van der Waals surface area contributed by atoms with Crippen LogP contribution < -0.4 is 4.74 Å². The van der Waals surface area contributed by atoms with Gasteiger partial charge in [0, 0.05) is 5.56 Å². The zero-order chi connectivity index (χ0) is 17.6. The fraction of sp³-hybridized carbons (Fsp3) is 0.143. The van der Waals surface area contributed by atoms with Gasteiger partial charge in [-0.2, -0.15) is 0 Å². The minimum Gasteiger partial charge on any atom is -0.493 e. The van der Waals surface area contributed by atoms with Crippen LogP contribution >= 0.6 is 0 Å². The molecule has 0 heterocycles. The Bertz CT molecular complexity index is 914. The Morgan fingerprint density at radius 2 is 1.60 bits per heavy atom.